The molecule has 0 amide bonds. The normalized spacial score (nSPS) is 18.0. The maximum absolute atomic E-state index is 10.2. The highest BCUT2D eigenvalue weighted by Gasteiger charge is 2.24. The van der Waals surface area contributed by atoms with Crippen LogP contribution >= 0.6 is 0 Å². The second-order valence-electron chi connectivity index (χ2n) is 5.90. The maximum atomic E-state index is 10.2. The monoisotopic (exact) mass is 335 g/mol. The number of likely N-dealkylation sites (tertiary alicyclic amines) is 1. The molecule has 0 radical (unpaired) electrons. The molecule has 2 rings (SSSR count). The van der Waals surface area contributed by atoms with Crippen molar-refractivity contribution in [2.75, 3.05) is 40.0 Å². The Kier molecular flexibility index (Phi) is 7.18. The van der Waals surface area contributed by atoms with Crippen LogP contribution in [0.25, 0.3) is 0 Å². The summed E-state index contributed by atoms with van der Waals surface area (Å²) in [5.74, 6) is 2.08. The van der Waals surface area contributed by atoms with E-state index in [0.29, 0.717) is 18.2 Å². The Morgan fingerprint density at radius 1 is 1.42 bits per heavy atom. The number of benzene rings is 1. The summed E-state index contributed by atoms with van der Waals surface area (Å²) < 4.78 is 10.7. The number of aliphatic imine (C=N–C) groups is 1. The molecule has 0 aromatic heterocycles. The van der Waals surface area contributed by atoms with Gasteiger partial charge in [-0.25, -0.2) is 4.99 Å². The van der Waals surface area contributed by atoms with Gasteiger partial charge in [-0.05, 0) is 26.3 Å². The summed E-state index contributed by atoms with van der Waals surface area (Å²) >= 11 is 0. The average Bonchev–Trinajstić information content (AvgIpc) is 3.06. The Labute approximate surface area is 144 Å². The van der Waals surface area contributed by atoms with Crippen molar-refractivity contribution in [3.63, 3.8) is 0 Å². The molecule has 1 aliphatic heterocycles. The second kappa shape index (κ2) is 9.37. The number of nitrogens with zero attached hydrogens (tertiary/aromatic N) is 2. The zero-order chi connectivity index (χ0) is 17.4. The lowest BCUT2D eigenvalue weighted by molar-refractivity contribution is 0.114. The molecule has 1 atom stereocenters. The zero-order valence-electron chi connectivity index (χ0n) is 14.9. The molecule has 1 saturated heterocycles. The highest BCUT2D eigenvalue weighted by atomic mass is 16.5. The molecule has 1 heterocycles. The molecule has 0 bridgehead atoms. The van der Waals surface area contributed by atoms with Crippen LogP contribution in [0.15, 0.2) is 23.2 Å². The van der Waals surface area contributed by atoms with Gasteiger partial charge < -0.3 is 24.8 Å². The largest absolute Gasteiger partial charge is 0.504 e. The number of phenolic OH excluding ortho intramolecular Hbond substituents is 1. The number of hydrogen-bond donors (Lipinski definition) is 2. The first kappa shape index (κ1) is 18.4. The van der Waals surface area contributed by atoms with Crippen LogP contribution in [-0.4, -0.2) is 55.9 Å². The van der Waals surface area contributed by atoms with E-state index in [2.05, 4.69) is 17.1 Å². The van der Waals surface area contributed by atoms with Crippen LogP contribution in [0.4, 0.5) is 0 Å². The van der Waals surface area contributed by atoms with Gasteiger partial charge in [-0.1, -0.05) is 12.1 Å². The zero-order valence-corrected chi connectivity index (χ0v) is 14.9. The fraction of sp³-hybridized carbons (Fsp3) is 0.611. The second-order valence-corrected chi connectivity index (χ2v) is 5.90. The first-order valence-corrected chi connectivity index (χ1v) is 8.65. The van der Waals surface area contributed by atoms with Crippen LogP contribution in [0, 0.1) is 5.92 Å². The van der Waals surface area contributed by atoms with Crippen LogP contribution in [0.2, 0.25) is 0 Å². The summed E-state index contributed by atoms with van der Waals surface area (Å²) in [5.41, 5.74) is 0.759. The van der Waals surface area contributed by atoms with Gasteiger partial charge in [-0.15, -0.1) is 0 Å². The molecule has 2 N–H and O–H groups in total. The molecule has 0 saturated carbocycles. The predicted octanol–water partition coefficient (Wildman–Crippen LogP) is 2.22. The summed E-state index contributed by atoms with van der Waals surface area (Å²) in [5, 5.41) is 13.5. The van der Waals surface area contributed by atoms with Crippen molar-refractivity contribution in [1.82, 2.24) is 10.2 Å². The number of nitrogens with one attached hydrogen (secondary N) is 1. The molecule has 1 unspecified atom stereocenters. The summed E-state index contributed by atoms with van der Waals surface area (Å²) in [6.45, 7) is 8.82. The number of guanidine groups is 1. The first-order valence-electron chi connectivity index (χ1n) is 8.65. The average molecular weight is 335 g/mol. The van der Waals surface area contributed by atoms with Crippen LogP contribution in [-0.2, 0) is 11.3 Å². The van der Waals surface area contributed by atoms with Crippen molar-refractivity contribution in [1.29, 1.82) is 0 Å². The smallest absolute Gasteiger partial charge is 0.194 e. The Balaban J connectivity index is 2.04. The number of hydrogen-bond acceptors (Lipinski definition) is 4. The van der Waals surface area contributed by atoms with Crippen LogP contribution < -0.4 is 10.1 Å². The third kappa shape index (κ3) is 4.77. The third-order valence-corrected chi connectivity index (χ3v) is 4.18. The highest BCUT2D eigenvalue weighted by Crippen LogP contribution is 2.29. The Bertz CT molecular complexity index is 548. The van der Waals surface area contributed by atoms with Gasteiger partial charge >= 0.3 is 0 Å². The van der Waals surface area contributed by atoms with Gasteiger partial charge in [0.15, 0.2) is 17.5 Å². The van der Waals surface area contributed by atoms with Gasteiger partial charge in [0.2, 0.25) is 0 Å². The van der Waals surface area contributed by atoms with Gasteiger partial charge in [0, 0.05) is 37.7 Å². The van der Waals surface area contributed by atoms with E-state index in [-0.39, 0.29) is 5.75 Å². The van der Waals surface area contributed by atoms with E-state index in [4.69, 9.17) is 14.5 Å². The molecule has 0 aliphatic carbocycles. The van der Waals surface area contributed by atoms with Gasteiger partial charge in [0.25, 0.3) is 0 Å². The van der Waals surface area contributed by atoms with E-state index in [1.807, 2.05) is 19.1 Å². The van der Waals surface area contributed by atoms with Gasteiger partial charge in [-0.3, -0.25) is 0 Å². The van der Waals surface area contributed by atoms with Crippen LogP contribution in [0.3, 0.4) is 0 Å². The topological polar surface area (TPSA) is 66.3 Å². The van der Waals surface area contributed by atoms with E-state index in [1.165, 1.54) is 0 Å². The summed E-state index contributed by atoms with van der Waals surface area (Å²) in [6, 6.07) is 5.48. The minimum Gasteiger partial charge on any atom is -0.504 e. The predicted molar refractivity (Wildman–Crippen MR) is 95.6 cm³/mol. The number of methoxy groups -OCH3 is 1. The van der Waals surface area contributed by atoms with Crippen molar-refractivity contribution < 1.29 is 14.6 Å². The van der Waals surface area contributed by atoms with E-state index in [0.717, 1.165) is 50.8 Å². The molecule has 1 aliphatic rings. The van der Waals surface area contributed by atoms with Crippen molar-refractivity contribution in [3.8, 4) is 11.5 Å². The van der Waals surface area contributed by atoms with Crippen molar-refractivity contribution in [2.24, 2.45) is 10.9 Å². The van der Waals surface area contributed by atoms with Gasteiger partial charge in [0.05, 0.1) is 20.3 Å². The summed E-state index contributed by atoms with van der Waals surface area (Å²) in [7, 11) is 1.55. The number of ether oxygens (including phenoxy) is 2. The minimum atomic E-state index is 0.162. The lowest BCUT2D eigenvalue weighted by Crippen LogP contribution is -2.40. The fourth-order valence-electron chi connectivity index (χ4n) is 2.89. The Morgan fingerprint density at radius 3 is 2.96 bits per heavy atom. The Hall–Kier alpha value is -1.95. The molecule has 1 aromatic carbocycles. The van der Waals surface area contributed by atoms with Gasteiger partial charge in [-0.2, -0.15) is 0 Å². The number of phenols is 1. The summed E-state index contributed by atoms with van der Waals surface area (Å²) in [6.07, 6.45) is 1.12. The third-order valence-electron chi connectivity index (χ3n) is 4.18. The molecule has 1 fully saturated rings. The van der Waals surface area contributed by atoms with E-state index >= 15 is 0 Å². The lowest BCUT2D eigenvalue weighted by Gasteiger charge is -2.22. The van der Waals surface area contributed by atoms with Gasteiger partial charge in [0.1, 0.15) is 0 Å². The SMILES string of the molecule is CCNC(=NCc1cccc(OC)c1O)N1CCC(COCC)C1. The Morgan fingerprint density at radius 2 is 2.25 bits per heavy atom. The molecule has 0 spiro atoms. The van der Waals surface area contributed by atoms with E-state index < -0.39 is 0 Å². The molecular weight excluding hydrogens is 306 g/mol. The molecule has 134 valence electrons. The maximum Gasteiger partial charge on any atom is 0.194 e. The minimum absolute atomic E-state index is 0.162. The van der Waals surface area contributed by atoms with E-state index in [1.54, 1.807) is 13.2 Å². The quantitative estimate of drug-likeness (QED) is 0.591. The molecular formula is C18H29N3O3. The molecule has 24 heavy (non-hydrogen) atoms. The first-order chi connectivity index (χ1) is 11.7. The van der Waals surface area contributed by atoms with Crippen molar-refractivity contribution in [2.45, 2.75) is 26.8 Å². The van der Waals surface area contributed by atoms with Crippen LogP contribution in [0.1, 0.15) is 25.8 Å². The number of aromatic hydroxyl groups is 1. The molecule has 6 heteroatoms. The van der Waals surface area contributed by atoms with Crippen molar-refractivity contribution in [3.05, 3.63) is 23.8 Å². The highest BCUT2D eigenvalue weighted by molar-refractivity contribution is 5.80. The molecule has 1 aromatic rings. The number of para-hydroxylation sites is 1. The molecule has 6 nitrogen and oxygen atoms in total. The lowest BCUT2D eigenvalue weighted by atomic mass is 10.1. The number of rotatable bonds is 7. The van der Waals surface area contributed by atoms with Crippen molar-refractivity contribution >= 4 is 5.96 Å². The standard InChI is InChI=1S/C18H29N3O3/c1-4-19-18(21-10-9-14(12-21)13-24-5-2)20-11-15-7-6-8-16(23-3)17(15)22/h6-8,14,22H,4-5,9-13H2,1-3H3,(H,19,20). The van der Waals surface area contributed by atoms with E-state index in [9.17, 15) is 5.11 Å². The summed E-state index contributed by atoms with van der Waals surface area (Å²) in [4.78, 5) is 6.96. The van der Waals surface area contributed by atoms with Crippen LogP contribution in [0.5, 0.6) is 11.5 Å². The fourth-order valence-corrected chi connectivity index (χ4v) is 2.89.